The molecule has 3 rings (SSSR count). The van der Waals surface area contributed by atoms with Crippen LogP contribution in [-0.2, 0) is 14.8 Å². The van der Waals surface area contributed by atoms with Crippen LogP contribution in [0.25, 0.3) is 0 Å². The second-order valence-corrected chi connectivity index (χ2v) is 8.60. The second-order valence-electron chi connectivity index (χ2n) is 6.67. The van der Waals surface area contributed by atoms with Gasteiger partial charge >= 0.3 is 0 Å². The Morgan fingerprint density at radius 2 is 1.50 bits per heavy atom. The van der Waals surface area contributed by atoms with Crippen molar-refractivity contribution < 1.29 is 18.0 Å². The number of hydrogen-bond donors (Lipinski definition) is 0. The molecule has 9 heteroatoms. The van der Waals surface area contributed by atoms with E-state index < -0.39 is 10.0 Å². The van der Waals surface area contributed by atoms with E-state index in [-0.39, 0.29) is 10.8 Å². The van der Waals surface area contributed by atoms with Crippen LogP contribution in [0.2, 0.25) is 0 Å². The topological polar surface area (TPSA) is 81.2 Å². The molecule has 2 fully saturated rings. The molecule has 2 heterocycles. The maximum Gasteiger partial charge on any atom is 0.253 e. The van der Waals surface area contributed by atoms with Crippen LogP contribution in [0.15, 0.2) is 29.2 Å². The number of piperazine rings is 2. The summed E-state index contributed by atoms with van der Waals surface area (Å²) in [7, 11) is -1.56. The number of carbonyl (C=O) groups is 2. The molecule has 8 nitrogen and oxygen atoms in total. The molecule has 0 aromatic heterocycles. The monoisotopic (exact) mass is 380 g/mol. The Kier molecular flexibility index (Phi) is 5.59. The van der Waals surface area contributed by atoms with Crippen molar-refractivity contribution in [3.8, 4) is 0 Å². The van der Waals surface area contributed by atoms with Gasteiger partial charge in [-0.15, -0.1) is 0 Å². The fourth-order valence-electron chi connectivity index (χ4n) is 3.16. The minimum Gasteiger partial charge on any atom is -0.342 e. The van der Waals surface area contributed by atoms with Gasteiger partial charge in [0.15, 0.2) is 0 Å². The average molecular weight is 380 g/mol. The summed E-state index contributed by atoms with van der Waals surface area (Å²) in [6.07, 6.45) is 0.791. The zero-order chi connectivity index (χ0) is 18.7. The third-order valence-electron chi connectivity index (χ3n) is 4.95. The maximum absolute atomic E-state index is 12.7. The lowest BCUT2D eigenvalue weighted by Crippen LogP contribution is -2.48. The van der Waals surface area contributed by atoms with Crippen molar-refractivity contribution in [1.29, 1.82) is 0 Å². The van der Waals surface area contributed by atoms with Crippen molar-refractivity contribution in [1.82, 2.24) is 19.0 Å². The molecule has 2 saturated heterocycles. The SMILES string of the molecule is CN1CCN(S(=O)(=O)c2ccc(C(=O)N3CCN(C=O)CC3)cc2)CC1. The number of benzene rings is 1. The van der Waals surface area contributed by atoms with Gasteiger partial charge in [-0.2, -0.15) is 4.31 Å². The summed E-state index contributed by atoms with van der Waals surface area (Å²) in [6.45, 7) is 4.38. The van der Waals surface area contributed by atoms with E-state index in [1.807, 2.05) is 7.05 Å². The summed E-state index contributed by atoms with van der Waals surface area (Å²) in [5.41, 5.74) is 0.460. The molecule has 0 bridgehead atoms. The van der Waals surface area contributed by atoms with Gasteiger partial charge in [-0.1, -0.05) is 0 Å². The first-order chi connectivity index (χ1) is 12.4. The van der Waals surface area contributed by atoms with E-state index in [9.17, 15) is 18.0 Å². The Bertz CT molecular complexity index is 749. The standard InChI is InChI=1S/C17H24N4O4S/c1-18-6-12-21(13-7-18)26(24,25)16-4-2-15(3-5-16)17(23)20-10-8-19(14-22)9-11-20/h2-5,14H,6-13H2,1H3. The minimum atomic E-state index is -3.53. The largest absolute Gasteiger partial charge is 0.342 e. The minimum absolute atomic E-state index is 0.140. The normalized spacial score (nSPS) is 20.2. The number of rotatable bonds is 4. The third kappa shape index (κ3) is 3.89. The van der Waals surface area contributed by atoms with Crippen molar-refractivity contribution in [2.24, 2.45) is 0 Å². The number of sulfonamides is 1. The van der Waals surface area contributed by atoms with Gasteiger partial charge in [-0.3, -0.25) is 9.59 Å². The fourth-order valence-corrected chi connectivity index (χ4v) is 4.58. The molecule has 142 valence electrons. The molecular weight excluding hydrogens is 356 g/mol. The molecule has 2 aliphatic heterocycles. The summed E-state index contributed by atoms with van der Waals surface area (Å²) >= 11 is 0. The van der Waals surface area contributed by atoms with Gasteiger partial charge in [0.05, 0.1) is 4.90 Å². The Morgan fingerprint density at radius 3 is 2.04 bits per heavy atom. The predicted octanol–water partition coefficient (Wildman–Crippen LogP) is -0.463. The highest BCUT2D eigenvalue weighted by molar-refractivity contribution is 7.89. The molecule has 0 spiro atoms. The molecule has 0 aliphatic carbocycles. The summed E-state index contributed by atoms with van der Waals surface area (Å²) < 4.78 is 26.9. The predicted molar refractivity (Wildman–Crippen MR) is 96.2 cm³/mol. The van der Waals surface area contributed by atoms with Crippen molar-refractivity contribution in [2.75, 3.05) is 59.4 Å². The van der Waals surface area contributed by atoms with Gasteiger partial charge < -0.3 is 14.7 Å². The Balaban J connectivity index is 1.68. The van der Waals surface area contributed by atoms with E-state index in [0.717, 1.165) is 6.41 Å². The van der Waals surface area contributed by atoms with Crippen LogP contribution < -0.4 is 0 Å². The van der Waals surface area contributed by atoms with Crippen LogP contribution in [0.5, 0.6) is 0 Å². The van der Waals surface area contributed by atoms with E-state index in [1.165, 1.54) is 16.4 Å². The number of carbonyl (C=O) groups excluding carboxylic acids is 2. The van der Waals surface area contributed by atoms with Crippen LogP contribution in [0, 0.1) is 0 Å². The molecule has 0 saturated carbocycles. The molecule has 26 heavy (non-hydrogen) atoms. The van der Waals surface area contributed by atoms with Gasteiger partial charge in [0.1, 0.15) is 0 Å². The highest BCUT2D eigenvalue weighted by Crippen LogP contribution is 2.19. The fraction of sp³-hybridized carbons (Fsp3) is 0.529. The number of nitrogens with zero attached hydrogens (tertiary/aromatic N) is 4. The highest BCUT2D eigenvalue weighted by atomic mass is 32.2. The van der Waals surface area contributed by atoms with Gasteiger partial charge in [-0.05, 0) is 31.3 Å². The van der Waals surface area contributed by atoms with Gasteiger partial charge in [0.25, 0.3) is 5.91 Å². The first-order valence-corrected chi connectivity index (χ1v) is 10.1. The maximum atomic E-state index is 12.7. The lowest BCUT2D eigenvalue weighted by atomic mass is 10.2. The Hall–Kier alpha value is -1.97. The number of amides is 2. The van der Waals surface area contributed by atoms with Crippen LogP contribution in [0.3, 0.4) is 0 Å². The van der Waals surface area contributed by atoms with E-state index in [4.69, 9.17) is 0 Å². The molecule has 0 N–H and O–H groups in total. The first-order valence-electron chi connectivity index (χ1n) is 8.69. The quantitative estimate of drug-likeness (QED) is 0.660. The molecule has 1 aromatic rings. The zero-order valence-corrected chi connectivity index (χ0v) is 15.7. The summed E-state index contributed by atoms with van der Waals surface area (Å²) in [5, 5.41) is 0. The molecule has 0 atom stereocenters. The van der Waals surface area contributed by atoms with E-state index >= 15 is 0 Å². The lowest BCUT2D eigenvalue weighted by Gasteiger charge is -2.32. The van der Waals surface area contributed by atoms with Crippen LogP contribution in [-0.4, -0.2) is 99.1 Å². The highest BCUT2D eigenvalue weighted by Gasteiger charge is 2.28. The average Bonchev–Trinajstić information content (AvgIpc) is 2.68. The molecule has 2 aliphatic rings. The zero-order valence-electron chi connectivity index (χ0n) is 14.9. The van der Waals surface area contributed by atoms with Crippen molar-refractivity contribution in [3.63, 3.8) is 0 Å². The smallest absolute Gasteiger partial charge is 0.253 e. The molecule has 1 aromatic carbocycles. The third-order valence-corrected chi connectivity index (χ3v) is 6.86. The van der Waals surface area contributed by atoms with Crippen molar-refractivity contribution in [2.45, 2.75) is 4.90 Å². The van der Waals surface area contributed by atoms with E-state index in [0.29, 0.717) is 57.9 Å². The molecule has 0 radical (unpaired) electrons. The van der Waals surface area contributed by atoms with Crippen LogP contribution in [0.4, 0.5) is 0 Å². The van der Waals surface area contributed by atoms with Crippen LogP contribution in [0.1, 0.15) is 10.4 Å². The van der Waals surface area contributed by atoms with Gasteiger partial charge in [0, 0.05) is 57.9 Å². The molecule has 0 unspecified atom stereocenters. The number of hydrogen-bond acceptors (Lipinski definition) is 5. The van der Waals surface area contributed by atoms with Crippen molar-refractivity contribution >= 4 is 22.3 Å². The Labute approximate surface area is 154 Å². The Morgan fingerprint density at radius 1 is 0.923 bits per heavy atom. The summed E-state index contributed by atoms with van der Waals surface area (Å²) in [4.78, 5) is 28.9. The first kappa shape index (κ1) is 18.8. The summed E-state index contributed by atoms with van der Waals surface area (Å²) in [6, 6.07) is 6.14. The summed E-state index contributed by atoms with van der Waals surface area (Å²) in [5.74, 6) is -0.140. The van der Waals surface area contributed by atoms with Crippen molar-refractivity contribution in [3.05, 3.63) is 29.8 Å². The van der Waals surface area contributed by atoms with E-state index in [2.05, 4.69) is 4.90 Å². The molecular formula is C17H24N4O4S. The van der Waals surface area contributed by atoms with E-state index in [1.54, 1.807) is 21.9 Å². The van der Waals surface area contributed by atoms with Gasteiger partial charge in [-0.25, -0.2) is 8.42 Å². The second kappa shape index (κ2) is 7.73. The molecule has 2 amide bonds. The lowest BCUT2D eigenvalue weighted by molar-refractivity contribution is -0.119. The number of likely N-dealkylation sites (N-methyl/N-ethyl adjacent to an activating group) is 1. The van der Waals surface area contributed by atoms with Gasteiger partial charge in [0.2, 0.25) is 16.4 Å². The van der Waals surface area contributed by atoms with Crippen LogP contribution >= 0.6 is 0 Å².